The second-order valence-corrected chi connectivity index (χ2v) is 6.09. The number of carbonyl (C=O) groups excluding carboxylic acids is 2. The molecule has 1 heterocycles. The predicted molar refractivity (Wildman–Crippen MR) is 90.9 cm³/mol. The lowest BCUT2D eigenvalue weighted by atomic mass is 10.1. The Balaban J connectivity index is 1.86. The maximum absolute atomic E-state index is 13.0. The van der Waals surface area contributed by atoms with Crippen LogP contribution in [0.1, 0.15) is 33.6 Å². The Hall–Kier alpha value is -2.40. The van der Waals surface area contributed by atoms with Crippen molar-refractivity contribution in [2.24, 2.45) is 0 Å². The molecule has 3 rings (SSSR count). The van der Waals surface area contributed by atoms with Gasteiger partial charge in [0.2, 0.25) is 0 Å². The molecule has 4 nitrogen and oxygen atoms in total. The molecule has 1 saturated heterocycles. The van der Waals surface area contributed by atoms with E-state index in [1.165, 1.54) is 24.3 Å². The van der Waals surface area contributed by atoms with Crippen molar-refractivity contribution in [3.8, 4) is 0 Å². The molecule has 0 atom stereocenters. The van der Waals surface area contributed by atoms with Crippen LogP contribution in [0.2, 0.25) is 5.02 Å². The van der Waals surface area contributed by atoms with Crippen molar-refractivity contribution in [3.63, 3.8) is 0 Å². The van der Waals surface area contributed by atoms with E-state index in [1.807, 2.05) is 0 Å². The van der Waals surface area contributed by atoms with E-state index in [0.29, 0.717) is 34.9 Å². The van der Waals surface area contributed by atoms with Crippen LogP contribution in [0.3, 0.4) is 0 Å². The number of nitrogens with one attached hydrogen (secondary N) is 1. The van der Waals surface area contributed by atoms with Gasteiger partial charge >= 0.3 is 0 Å². The van der Waals surface area contributed by atoms with E-state index in [9.17, 15) is 14.0 Å². The molecule has 0 aliphatic carbocycles. The lowest BCUT2D eigenvalue weighted by Crippen LogP contribution is -2.28. The molecule has 0 radical (unpaired) electrons. The molecule has 6 heteroatoms. The van der Waals surface area contributed by atoms with Crippen LogP contribution in [-0.2, 0) is 0 Å². The van der Waals surface area contributed by atoms with Crippen molar-refractivity contribution in [1.29, 1.82) is 0 Å². The summed E-state index contributed by atoms with van der Waals surface area (Å²) in [5.41, 5.74) is 1.06. The number of nitrogens with zero attached hydrogens (tertiary/aromatic N) is 1. The zero-order valence-electron chi connectivity index (χ0n) is 12.9. The summed E-state index contributed by atoms with van der Waals surface area (Å²) in [6.07, 6.45) is 1.97. The topological polar surface area (TPSA) is 49.4 Å². The quantitative estimate of drug-likeness (QED) is 0.914. The van der Waals surface area contributed by atoms with Crippen LogP contribution < -0.4 is 5.32 Å². The zero-order valence-corrected chi connectivity index (χ0v) is 13.6. The molecule has 0 saturated carbocycles. The highest BCUT2D eigenvalue weighted by Gasteiger charge is 2.23. The number of carbonyl (C=O) groups is 2. The van der Waals surface area contributed by atoms with Crippen LogP contribution in [-0.4, -0.2) is 29.8 Å². The molecule has 24 heavy (non-hydrogen) atoms. The molecular weight excluding hydrogens is 331 g/mol. The third-order valence-corrected chi connectivity index (χ3v) is 4.20. The van der Waals surface area contributed by atoms with Crippen LogP contribution in [0, 0.1) is 5.82 Å². The monoisotopic (exact) mass is 346 g/mol. The minimum atomic E-state index is -0.423. The van der Waals surface area contributed by atoms with Crippen molar-refractivity contribution in [2.45, 2.75) is 12.8 Å². The van der Waals surface area contributed by atoms with Crippen LogP contribution in [0.5, 0.6) is 0 Å². The standard InChI is InChI=1S/C18H16ClFN2O2/c19-13-5-8-15(18(24)22-9-1-2-10-22)16(11-13)21-17(23)12-3-6-14(20)7-4-12/h3-8,11H,1-2,9-10H2,(H,21,23). The zero-order chi connectivity index (χ0) is 17.1. The van der Waals surface area contributed by atoms with E-state index < -0.39 is 11.7 Å². The highest BCUT2D eigenvalue weighted by molar-refractivity contribution is 6.31. The molecular formula is C18H16ClFN2O2. The number of anilines is 1. The van der Waals surface area contributed by atoms with E-state index in [2.05, 4.69) is 5.32 Å². The summed E-state index contributed by atoms with van der Waals surface area (Å²) in [6.45, 7) is 1.43. The highest BCUT2D eigenvalue weighted by Crippen LogP contribution is 2.24. The molecule has 2 amide bonds. The fraction of sp³-hybridized carbons (Fsp3) is 0.222. The Labute approximate surface area is 144 Å². The molecule has 1 N–H and O–H groups in total. The van der Waals surface area contributed by atoms with E-state index in [0.717, 1.165) is 12.8 Å². The maximum atomic E-state index is 13.0. The van der Waals surface area contributed by atoms with Crippen molar-refractivity contribution in [1.82, 2.24) is 4.90 Å². The normalized spacial score (nSPS) is 13.8. The maximum Gasteiger partial charge on any atom is 0.255 e. The Morgan fingerprint density at radius 2 is 1.71 bits per heavy atom. The van der Waals surface area contributed by atoms with E-state index >= 15 is 0 Å². The number of halogens is 2. The first-order chi connectivity index (χ1) is 11.5. The molecule has 2 aromatic rings. The van der Waals surface area contributed by atoms with Crippen molar-refractivity contribution >= 4 is 29.1 Å². The minimum absolute atomic E-state index is 0.126. The largest absolute Gasteiger partial charge is 0.339 e. The second-order valence-electron chi connectivity index (χ2n) is 5.65. The van der Waals surface area contributed by atoms with Crippen molar-refractivity contribution < 1.29 is 14.0 Å². The van der Waals surface area contributed by atoms with Gasteiger partial charge in [0, 0.05) is 23.7 Å². The summed E-state index contributed by atoms with van der Waals surface area (Å²) in [4.78, 5) is 26.7. The summed E-state index contributed by atoms with van der Waals surface area (Å²) >= 11 is 6.01. The average Bonchev–Trinajstić information content (AvgIpc) is 3.09. The predicted octanol–water partition coefficient (Wildman–Crippen LogP) is 3.97. The lowest BCUT2D eigenvalue weighted by Gasteiger charge is -2.18. The third kappa shape index (κ3) is 3.57. The van der Waals surface area contributed by atoms with Crippen molar-refractivity contribution in [3.05, 3.63) is 64.4 Å². The third-order valence-electron chi connectivity index (χ3n) is 3.96. The summed E-state index contributed by atoms with van der Waals surface area (Å²) in [7, 11) is 0. The van der Waals surface area contributed by atoms with E-state index in [4.69, 9.17) is 11.6 Å². The fourth-order valence-corrected chi connectivity index (χ4v) is 2.86. The molecule has 0 aromatic heterocycles. The molecule has 2 aromatic carbocycles. The average molecular weight is 347 g/mol. The second kappa shape index (κ2) is 7.01. The smallest absolute Gasteiger partial charge is 0.255 e. The van der Waals surface area contributed by atoms with Crippen LogP contribution >= 0.6 is 11.6 Å². The Morgan fingerprint density at radius 1 is 1.04 bits per heavy atom. The van der Waals surface area contributed by atoms with Gasteiger partial charge in [-0.1, -0.05) is 11.6 Å². The Kier molecular flexibility index (Phi) is 4.81. The van der Waals surface area contributed by atoms with Gasteiger partial charge in [0.05, 0.1) is 11.3 Å². The number of rotatable bonds is 3. The van der Waals surface area contributed by atoms with Gasteiger partial charge in [-0.05, 0) is 55.3 Å². The van der Waals surface area contributed by atoms with E-state index in [-0.39, 0.29) is 5.91 Å². The van der Waals surface area contributed by atoms with Gasteiger partial charge in [-0.15, -0.1) is 0 Å². The van der Waals surface area contributed by atoms with Gasteiger partial charge in [-0.25, -0.2) is 4.39 Å². The molecule has 0 bridgehead atoms. The van der Waals surface area contributed by atoms with Gasteiger partial charge in [0.1, 0.15) is 5.82 Å². The number of hydrogen-bond acceptors (Lipinski definition) is 2. The molecule has 1 aliphatic heterocycles. The lowest BCUT2D eigenvalue weighted by molar-refractivity contribution is 0.0794. The molecule has 1 fully saturated rings. The summed E-state index contributed by atoms with van der Waals surface area (Å²) in [5, 5.41) is 3.12. The minimum Gasteiger partial charge on any atom is -0.339 e. The first-order valence-electron chi connectivity index (χ1n) is 7.70. The summed E-state index contributed by atoms with van der Waals surface area (Å²) in [5.74, 6) is -0.967. The van der Waals surface area contributed by atoms with Crippen LogP contribution in [0.4, 0.5) is 10.1 Å². The first-order valence-corrected chi connectivity index (χ1v) is 8.08. The molecule has 1 aliphatic rings. The highest BCUT2D eigenvalue weighted by atomic mass is 35.5. The number of likely N-dealkylation sites (tertiary alicyclic amines) is 1. The Morgan fingerprint density at radius 3 is 2.38 bits per heavy atom. The molecule has 0 unspecified atom stereocenters. The van der Waals surface area contributed by atoms with Crippen molar-refractivity contribution in [2.75, 3.05) is 18.4 Å². The van der Waals surface area contributed by atoms with Crippen LogP contribution in [0.15, 0.2) is 42.5 Å². The molecule has 0 spiro atoms. The SMILES string of the molecule is O=C(Nc1cc(Cl)ccc1C(=O)N1CCCC1)c1ccc(F)cc1. The van der Waals surface area contributed by atoms with Gasteiger partial charge in [-0.3, -0.25) is 9.59 Å². The Bertz CT molecular complexity index is 771. The van der Waals surface area contributed by atoms with E-state index in [1.54, 1.807) is 23.1 Å². The first kappa shape index (κ1) is 16.5. The molecule has 124 valence electrons. The number of hydrogen-bond donors (Lipinski definition) is 1. The summed E-state index contributed by atoms with van der Waals surface area (Å²) < 4.78 is 13.0. The van der Waals surface area contributed by atoms with Gasteiger partial charge < -0.3 is 10.2 Å². The number of amides is 2. The van der Waals surface area contributed by atoms with Crippen LogP contribution in [0.25, 0.3) is 0 Å². The summed E-state index contributed by atoms with van der Waals surface area (Å²) in [6, 6.07) is 9.98. The fourth-order valence-electron chi connectivity index (χ4n) is 2.69. The van der Waals surface area contributed by atoms with Gasteiger partial charge in [0.25, 0.3) is 11.8 Å². The van der Waals surface area contributed by atoms with Gasteiger partial charge in [-0.2, -0.15) is 0 Å². The number of benzene rings is 2. The van der Waals surface area contributed by atoms with Gasteiger partial charge in [0.15, 0.2) is 0 Å².